The van der Waals surface area contributed by atoms with Gasteiger partial charge in [-0.3, -0.25) is 0 Å². The summed E-state index contributed by atoms with van der Waals surface area (Å²) in [7, 11) is -1.49. The van der Waals surface area contributed by atoms with E-state index in [0.717, 1.165) is 18.4 Å². The highest BCUT2D eigenvalue weighted by atomic mass is 16.4. The van der Waals surface area contributed by atoms with Crippen LogP contribution in [0.3, 0.4) is 0 Å². The summed E-state index contributed by atoms with van der Waals surface area (Å²) < 4.78 is 0. The van der Waals surface area contributed by atoms with Crippen LogP contribution in [0, 0.1) is 11.3 Å². The van der Waals surface area contributed by atoms with E-state index in [0.29, 0.717) is 16.9 Å². The topological polar surface area (TPSA) is 64.2 Å². The van der Waals surface area contributed by atoms with E-state index < -0.39 is 7.12 Å². The fourth-order valence-corrected chi connectivity index (χ4v) is 1.54. The third kappa shape index (κ3) is 1.79. The summed E-state index contributed by atoms with van der Waals surface area (Å²) in [5.41, 5.74) is 1.95. The van der Waals surface area contributed by atoms with E-state index in [4.69, 9.17) is 15.3 Å². The van der Waals surface area contributed by atoms with Crippen LogP contribution in [-0.4, -0.2) is 17.2 Å². The molecule has 0 heterocycles. The summed E-state index contributed by atoms with van der Waals surface area (Å²) in [4.78, 5) is 0. The molecule has 0 unspecified atom stereocenters. The number of nitrogens with zero attached hydrogens (tertiary/aromatic N) is 1. The second kappa shape index (κ2) is 3.45. The van der Waals surface area contributed by atoms with Gasteiger partial charge in [0.25, 0.3) is 0 Å². The van der Waals surface area contributed by atoms with Crippen LogP contribution in [-0.2, 0) is 0 Å². The third-order valence-corrected chi connectivity index (χ3v) is 2.45. The molecule has 14 heavy (non-hydrogen) atoms. The summed E-state index contributed by atoms with van der Waals surface area (Å²) in [6.07, 6.45) is 2.27. The van der Waals surface area contributed by atoms with Gasteiger partial charge in [-0.2, -0.15) is 5.26 Å². The molecule has 1 aliphatic rings. The molecule has 0 spiro atoms. The van der Waals surface area contributed by atoms with E-state index >= 15 is 0 Å². The number of hydrogen-bond acceptors (Lipinski definition) is 3. The molecule has 0 radical (unpaired) electrons. The van der Waals surface area contributed by atoms with Crippen LogP contribution >= 0.6 is 0 Å². The first-order valence-corrected chi connectivity index (χ1v) is 4.62. The van der Waals surface area contributed by atoms with Crippen molar-refractivity contribution in [2.75, 3.05) is 0 Å². The SMILES string of the molecule is N#Cc1cc(B(O)O)cc(C2CC2)c1. The molecule has 4 heteroatoms. The van der Waals surface area contributed by atoms with E-state index in [1.54, 1.807) is 6.07 Å². The Hall–Kier alpha value is -1.31. The molecule has 1 fully saturated rings. The van der Waals surface area contributed by atoms with Gasteiger partial charge in [-0.25, -0.2) is 0 Å². The molecule has 1 aromatic rings. The third-order valence-electron chi connectivity index (χ3n) is 2.45. The lowest BCUT2D eigenvalue weighted by Crippen LogP contribution is -2.30. The van der Waals surface area contributed by atoms with Gasteiger partial charge in [0.1, 0.15) is 0 Å². The van der Waals surface area contributed by atoms with E-state index in [1.807, 2.05) is 12.1 Å². The van der Waals surface area contributed by atoms with Crippen LogP contribution in [0.15, 0.2) is 18.2 Å². The molecule has 0 aromatic heterocycles. The van der Waals surface area contributed by atoms with E-state index in [-0.39, 0.29) is 0 Å². The molecule has 1 aliphatic carbocycles. The average Bonchev–Trinajstić information content (AvgIpc) is 3.00. The Balaban J connectivity index is 2.42. The fraction of sp³-hybridized carbons (Fsp3) is 0.300. The monoisotopic (exact) mass is 187 g/mol. The van der Waals surface area contributed by atoms with Gasteiger partial charge in [0.05, 0.1) is 11.6 Å². The molecule has 0 bridgehead atoms. The summed E-state index contributed by atoms with van der Waals surface area (Å²) in [6, 6.07) is 7.12. The van der Waals surface area contributed by atoms with E-state index in [2.05, 4.69) is 0 Å². The van der Waals surface area contributed by atoms with Gasteiger partial charge >= 0.3 is 7.12 Å². The van der Waals surface area contributed by atoms with E-state index in [1.165, 1.54) is 6.07 Å². The maximum Gasteiger partial charge on any atom is 0.488 e. The smallest absolute Gasteiger partial charge is 0.423 e. The van der Waals surface area contributed by atoms with Gasteiger partial charge in [0, 0.05) is 0 Å². The molecule has 0 amide bonds. The predicted octanol–water partition coefficient (Wildman–Crippen LogP) is 0.115. The van der Waals surface area contributed by atoms with Gasteiger partial charge in [-0.05, 0) is 41.9 Å². The van der Waals surface area contributed by atoms with Crippen LogP contribution in [0.1, 0.15) is 29.9 Å². The first kappa shape index (κ1) is 9.26. The van der Waals surface area contributed by atoms with Crippen LogP contribution < -0.4 is 5.46 Å². The van der Waals surface area contributed by atoms with Crippen LogP contribution in [0.5, 0.6) is 0 Å². The molecule has 2 rings (SSSR count). The molecular weight excluding hydrogens is 177 g/mol. The van der Waals surface area contributed by atoms with Crippen LogP contribution in [0.25, 0.3) is 0 Å². The molecule has 2 N–H and O–H groups in total. The van der Waals surface area contributed by atoms with Crippen molar-refractivity contribution in [3.63, 3.8) is 0 Å². The van der Waals surface area contributed by atoms with Gasteiger partial charge in [0.15, 0.2) is 0 Å². The standard InChI is InChI=1S/C10H10BNO2/c12-6-7-3-9(8-1-2-8)5-10(4-7)11(13)14/h3-5,8,13-14H,1-2H2. The molecule has 70 valence electrons. The molecule has 0 atom stereocenters. The second-order valence-electron chi connectivity index (χ2n) is 3.65. The van der Waals surface area contributed by atoms with Crippen molar-refractivity contribution in [2.24, 2.45) is 0 Å². The minimum atomic E-state index is -1.49. The summed E-state index contributed by atoms with van der Waals surface area (Å²) in [6.45, 7) is 0. The Kier molecular flexibility index (Phi) is 2.28. The van der Waals surface area contributed by atoms with Gasteiger partial charge in [-0.15, -0.1) is 0 Å². The Morgan fingerprint density at radius 2 is 2.00 bits per heavy atom. The Morgan fingerprint density at radius 1 is 1.29 bits per heavy atom. The second-order valence-corrected chi connectivity index (χ2v) is 3.65. The maximum absolute atomic E-state index is 9.02. The normalized spacial score (nSPS) is 14.9. The lowest BCUT2D eigenvalue weighted by molar-refractivity contribution is 0.425. The number of hydrogen-bond donors (Lipinski definition) is 2. The fourth-order valence-electron chi connectivity index (χ4n) is 1.54. The van der Waals surface area contributed by atoms with Gasteiger partial charge in [-0.1, -0.05) is 6.07 Å². The lowest BCUT2D eigenvalue weighted by atomic mass is 9.78. The largest absolute Gasteiger partial charge is 0.488 e. The zero-order chi connectivity index (χ0) is 10.1. The Morgan fingerprint density at radius 3 is 2.50 bits per heavy atom. The average molecular weight is 187 g/mol. The summed E-state index contributed by atoms with van der Waals surface area (Å²) in [5, 5.41) is 26.8. The first-order valence-electron chi connectivity index (χ1n) is 4.62. The minimum absolute atomic E-state index is 0.408. The summed E-state index contributed by atoms with van der Waals surface area (Å²) >= 11 is 0. The number of nitriles is 1. The molecule has 1 saturated carbocycles. The van der Waals surface area contributed by atoms with Crippen LogP contribution in [0.2, 0.25) is 0 Å². The zero-order valence-corrected chi connectivity index (χ0v) is 7.64. The van der Waals surface area contributed by atoms with Crippen molar-refractivity contribution in [1.29, 1.82) is 5.26 Å². The van der Waals surface area contributed by atoms with Crippen LogP contribution in [0.4, 0.5) is 0 Å². The van der Waals surface area contributed by atoms with Gasteiger partial charge < -0.3 is 10.0 Å². The zero-order valence-electron chi connectivity index (χ0n) is 7.64. The molecule has 0 aliphatic heterocycles. The highest BCUT2D eigenvalue weighted by Crippen LogP contribution is 2.39. The maximum atomic E-state index is 9.02. The van der Waals surface area contributed by atoms with E-state index in [9.17, 15) is 0 Å². The quantitative estimate of drug-likeness (QED) is 0.646. The molecule has 0 saturated heterocycles. The number of rotatable bonds is 2. The van der Waals surface area contributed by atoms with Crippen molar-refractivity contribution in [2.45, 2.75) is 18.8 Å². The minimum Gasteiger partial charge on any atom is -0.423 e. The predicted molar refractivity (Wildman–Crippen MR) is 53.0 cm³/mol. The molecule has 1 aromatic carbocycles. The Bertz CT molecular complexity index is 373. The highest BCUT2D eigenvalue weighted by Gasteiger charge is 2.25. The van der Waals surface area contributed by atoms with Crippen molar-refractivity contribution >= 4 is 12.6 Å². The highest BCUT2D eigenvalue weighted by molar-refractivity contribution is 6.58. The lowest BCUT2D eigenvalue weighted by Gasteiger charge is -2.04. The van der Waals surface area contributed by atoms with Crippen molar-refractivity contribution in [1.82, 2.24) is 0 Å². The number of benzene rings is 1. The van der Waals surface area contributed by atoms with Crippen molar-refractivity contribution in [3.8, 4) is 6.07 Å². The molecular formula is C10H10BNO2. The van der Waals surface area contributed by atoms with Gasteiger partial charge in [0.2, 0.25) is 0 Å². The molecule has 3 nitrogen and oxygen atoms in total. The van der Waals surface area contributed by atoms with Crippen molar-refractivity contribution < 1.29 is 10.0 Å². The summed E-state index contributed by atoms with van der Waals surface area (Å²) in [5.74, 6) is 0.515. The van der Waals surface area contributed by atoms with Crippen molar-refractivity contribution in [3.05, 3.63) is 29.3 Å². The Labute approximate surface area is 82.8 Å². The first-order chi connectivity index (χ1) is 6.70.